The summed E-state index contributed by atoms with van der Waals surface area (Å²) in [6.07, 6.45) is -0.709. The fourth-order valence-corrected chi connectivity index (χ4v) is 1.26. The summed E-state index contributed by atoms with van der Waals surface area (Å²) in [5.74, 6) is -0.940. The molecule has 1 unspecified atom stereocenters. The zero-order valence-corrected chi connectivity index (χ0v) is 9.61. The van der Waals surface area contributed by atoms with Crippen LogP contribution in [0.3, 0.4) is 0 Å². The van der Waals surface area contributed by atoms with Crippen LogP contribution in [0.25, 0.3) is 0 Å². The third kappa shape index (κ3) is 7.75. The van der Waals surface area contributed by atoms with Crippen LogP contribution in [0.15, 0.2) is 0 Å². The molecule has 0 fully saturated rings. The monoisotopic (exact) mass is 219 g/mol. The van der Waals surface area contributed by atoms with E-state index in [0.29, 0.717) is 11.0 Å². The highest BCUT2D eigenvalue weighted by Gasteiger charge is 2.22. The molecule has 88 valence electrons. The number of amides is 1. The first-order valence-corrected chi connectivity index (χ1v) is 4.61. The smallest absolute Gasteiger partial charge is 0.407 e. The van der Waals surface area contributed by atoms with E-state index in [4.69, 9.17) is 5.11 Å². The summed E-state index contributed by atoms with van der Waals surface area (Å²) in [5, 5.41) is 11.2. The Kier molecular flexibility index (Phi) is 5.07. The van der Waals surface area contributed by atoms with Crippen LogP contribution in [0.5, 0.6) is 0 Å². The number of quaternary nitrogens is 1. The van der Waals surface area contributed by atoms with Crippen molar-refractivity contribution in [2.24, 2.45) is 0 Å². The van der Waals surface area contributed by atoms with Gasteiger partial charge in [-0.15, -0.1) is 0 Å². The van der Waals surface area contributed by atoms with Gasteiger partial charge in [-0.05, 0) is 0 Å². The molecule has 0 aromatic rings. The summed E-state index contributed by atoms with van der Waals surface area (Å²) in [6, 6.07) is -0.421. The van der Waals surface area contributed by atoms with Crippen LogP contribution in [0.1, 0.15) is 6.42 Å². The molecule has 0 saturated heterocycles. The number of alkyl carbamates (subject to hydrolysis) is 1. The number of hydrogen-bond acceptors (Lipinski definition) is 3. The molecule has 0 spiro atoms. The van der Waals surface area contributed by atoms with Gasteiger partial charge in [0.25, 0.3) is 0 Å². The van der Waals surface area contributed by atoms with Gasteiger partial charge in [0.1, 0.15) is 0 Å². The van der Waals surface area contributed by atoms with Crippen molar-refractivity contribution in [2.45, 2.75) is 12.5 Å². The van der Waals surface area contributed by atoms with E-state index in [1.807, 2.05) is 21.1 Å². The molecule has 2 N–H and O–H groups in total. The minimum atomic E-state index is -0.940. The summed E-state index contributed by atoms with van der Waals surface area (Å²) in [4.78, 5) is 21.5. The van der Waals surface area contributed by atoms with E-state index < -0.39 is 18.1 Å². The Morgan fingerprint density at radius 1 is 1.40 bits per heavy atom. The van der Waals surface area contributed by atoms with Gasteiger partial charge in [-0.25, -0.2) is 4.79 Å². The van der Waals surface area contributed by atoms with Gasteiger partial charge >= 0.3 is 12.1 Å². The number of hydrogen-bond donors (Lipinski definition) is 2. The first-order valence-electron chi connectivity index (χ1n) is 4.61. The standard InChI is InChI=1S/C9H18N2O4/c1-11(2,3)6-7(5-8(12)13)10-9(14)15-4/h7H,5-6H2,1-4H3,(H-,10,12,13,14)/p+1. The fourth-order valence-electron chi connectivity index (χ4n) is 1.26. The number of carboxylic acids is 1. The lowest BCUT2D eigenvalue weighted by Gasteiger charge is -2.28. The number of carbonyl (C=O) groups is 2. The molecule has 1 atom stereocenters. The van der Waals surface area contributed by atoms with Crippen LogP contribution >= 0.6 is 0 Å². The van der Waals surface area contributed by atoms with Crippen molar-refractivity contribution in [3.8, 4) is 0 Å². The molecule has 0 rings (SSSR count). The van der Waals surface area contributed by atoms with Crippen molar-refractivity contribution in [1.82, 2.24) is 5.32 Å². The second-order valence-electron chi connectivity index (χ2n) is 4.40. The number of aliphatic carboxylic acids is 1. The normalized spacial score (nSPS) is 13.1. The molecule has 6 nitrogen and oxygen atoms in total. The molecular formula is C9H19N2O4+. The first kappa shape index (κ1) is 13.7. The minimum absolute atomic E-state index is 0.107. The van der Waals surface area contributed by atoms with E-state index in [1.165, 1.54) is 7.11 Å². The summed E-state index contributed by atoms with van der Waals surface area (Å²) < 4.78 is 5.00. The van der Waals surface area contributed by atoms with Gasteiger partial charge in [-0.3, -0.25) is 4.79 Å². The van der Waals surface area contributed by atoms with Crippen molar-refractivity contribution in [1.29, 1.82) is 0 Å². The number of nitrogens with one attached hydrogen (secondary N) is 1. The zero-order chi connectivity index (χ0) is 12.1. The number of methoxy groups -OCH3 is 1. The van der Waals surface area contributed by atoms with Crippen molar-refractivity contribution in [2.75, 3.05) is 34.8 Å². The Bertz CT molecular complexity index is 235. The summed E-state index contributed by atoms with van der Waals surface area (Å²) in [6.45, 7) is 0.529. The molecule has 0 radical (unpaired) electrons. The number of carboxylic acid groups (broad SMARTS) is 1. The van der Waals surface area contributed by atoms with Crippen molar-refractivity contribution in [3.63, 3.8) is 0 Å². The summed E-state index contributed by atoms with van der Waals surface area (Å²) in [5.41, 5.74) is 0. The Balaban J connectivity index is 4.31. The minimum Gasteiger partial charge on any atom is -0.481 e. The largest absolute Gasteiger partial charge is 0.481 e. The summed E-state index contributed by atoms with van der Waals surface area (Å²) >= 11 is 0. The van der Waals surface area contributed by atoms with E-state index in [9.17, 15) is 9.59 Å². The molecule has 0 saturated carbocycles. The second kappa shape index (κ2) is 5.55. The molecule has 0 aromatic carbocycles. The zero-order valence-electron chi connectivity index (χ0n) is 9.61. The van der Waals surface area contributed by atoms with Gasteiger partial charge in [-0.2, -0.15) is 0 Å². The van der Waals surface area contributed by atoms with Crippen LogP contribution < -0.4 is 5.32 Å². The lowest BCUT2D eigenvalue weighted by Crippen LogP contribution is -2.49. The third-order valence-electron chi connectivity index (χ3n) is 1.70. The predicted molar refractivity (Wildman–Crippen MR) is 54.5 cm³/mol. The van der Waals surface area contributed by atoms with Crippen LogP contribution in [-0.4, -0.2) is 62.5 Å². The first-order chi connectivity index (χ1) is 6.74. The topological polar surface area (TPSA) is 75.6 Å². The highest BCUT2D eigenvalue weighted by Crippen LogP contribution is 2.00. The lowest BCUT2D eigenvalue weighted by molar-refractivity contribution is -0.871. The maximum atomic E-state index is 11.0. The highest BCUT2D eigenvalue weighted by molar-refractivity contribution is 5.71. The molecule has 0 bridgehead atoms. The molecule has 0 aromatic heterocycles. The number of likely N-dealkylation sites (N-methyl/N-ethyl adjacent to an activating group) is 1. The Hall–Kier alpha value is -1.30. The number of carbonyl (C=O) groups excluding carboxylic acids is 1. The van der Waals surface area contributed by atoms with E-state index >= 15 is 0 Å². The predicted octanol–water partition coefficient (Wildman–Crippen LogP) is -0.108. The van der Waals surface area contributed by atoms with Gasteiger partial charge in [-0.1, -0.05) is 0 Å². The van der Waals surface area contributed by atoms with E-state index in [0.717, 1.165) is 0 Å². The average molecular weight is 219 g/mol. The van der Waals surface area contributed by atoms with Crippen LogP contribution in [0.4, 0.5) is 4.79 Å². The number of nitrogens with zero attached hydrogens (tertiary/aromatic N) is 1. The molecule has 15 heavy (non-hydrogen) atoms. The van der Waals surface area contributed by atoms with E-state index in [2.05, 4.69) is 10.1 Å². The van der Waals surface area contributed by atoms with E-state index in [1.54, 1.807) is 0 Å². The number of ether oxygens (including phenoxy) is 1. The van der Waals surface area contributed by atoms with Crippen molar-refractivity contribution < 1.29 is 23.9 Å². The van der Waals surface area contributed by atoms with Crippen molar-refractivity contribution >= 4 is 12.1 Å². The van der Waals surface area contributed by atoms with Gasteiger partial charge < -0.3 is 19.6 Å². The maximum absolute atomic E-state index is 11.0. The SMILES string of the molecule is COC(=O)NC(CC(=O)O)C[N+](C)(C)C. The molecule has 0 aliphatic rings. The van der Waals surface area contributed by atoms with Gasteiger partial charge in [0.15, 0.2) is 0 Å². The van der Waals surface area contributed by atoms with Crippen LogP contribution in [0.2, 0.25) is 0 Å². The highest BCUT2D eigenvalue weighted by atomic mass is 16.5. The van der Waals surface area contributed by atoms with Crippen LogP contribution in [-0.2, 0) is 9.53 Å². The van der Waals surface area contributed by atoms with Crippen LogP contribution in [0, 0.1) is 0 Å². The number of rotatable bonds is 5. The maximum Gasteiger partial charge on any atom is 0.407 e. The second-order valence-corrected chi connectivity index (χ2v) is 4.40. The van der Waals surface area contributed by atoms with Gasteiger partial charge in [0.2, 0.25) is 0 Å². The summed E-state index contributed by atoms with van der Waals surface area (Å²) in [7, 11) is 7.02. The molecule has 6 heteroatoms. The quantitative estimate of drug-likeness (QED) is 0.633. The molecule has 0 aliphatic heterocycles. The van der Waals surface area contributed by atoms with Gasteiger partial charge in [0, 0.05) is 0 Å². The Labute approximate surface area is 89.4 Å². The van der Waals surface area contributed by atoms with E-state index in [-0.39, 0.29) is 6.42 Å². The third-order valence-corrected chi connectivity index (χ3v) is 1.70. The molecular weight excluding hydrogens is 200 g/mol. The molecule has 0 heterocycles. The Morgan fingerprint density at radius 3 is 2.27 bits per heavy atom. The average Bonchev–Trinajstić information content (AvgIpc) is 1.99. The molecule has 1 amide bonds. The Morgan fingerprint density at radius 2 is 1.93 bits per heavy atom. The molecule has 0 aliphatic carbocycles. The van der Waals surface area contributed by atoms with Gasteiger partial charge in [0.05, 0.1) is 47.3 Å². The lowest BCUT2D eigenvalue weighted by atomic mass is 10.2. The fraction of sp³-hybridized carbons (Fsp3) is 0.778. The van der Waals surface area contributed by atoms with Crippen molar-refractivity contribution in [3.05, 3.63) is 0 Å².